The normalized spacial score (nSPS) is 12.5. The van der Waals surface area contributed by atoms with Crippen molar-refractivity contribution >= 4 is 22.7 Å². The highest BCUT2D eigenvalue weighted by molar-refractivity contribution is 5.94. The second-order valence-electron chi connectivity index (χ2n) is 9.78. The molecular weight excluding hydrogens is 428 g/mol. The van der Waals surface area contributed by atoms with Crippen molar-refractivity contribution in [2.24, 2.45) is 5.41 Å². The lowest BCUT2D eigenvalue weighted by Gasteiger charge is -2.20. The molecule has 5 nitrogen and oxygen atoms in total. The molecule has 0 bridgehead atoms. The van der Waals surface area contributed by atoms with E-state index >= 15 is 0 Å². The topological polar surface area (TPSA) is 65.7 Å². The minimum absolute atomic E-state index is 0.0922. The molecule has 0 radical (unpaired) electrons. The van der Waals surface area contributed by atoms with Crippen molar-refractivity contribution in [1.29, 1.82) is 0 Å². The average molecular weight is 465 g/mol. The van der Waals surface area contributed by atoms with Crippen molar-refractivity contribution in [1.82, 2.24) is 0 Å². The zero-order chi connectivity index (χ0) is 24.9. The first-order valence-electron chi connectivity index (χ1n) is 12.1. The van der Waals surface area contributed by atoms with Gasteiger partial charge in [0.2, 0.25) is 0 Å². The van der Waals surface area contributed by atoms with Gasteiger partial charge < -0.3 is 13.9 Å². The number of methoxy groups -OCH3 is 1. The second-order valence-corrected chi connectivity index (χ2v) is 9.78. The summed E-state index contributed by atoms with van der Waals surface area (Å²) in [7, 11) is 1.38. The number of hydrogen-bond acceptors (Lipinski definition) is 5. The Morgan fingerprint density at radius 2 is 1.79 bits per heavy atom. The zero-order valence-corrected chi connectivity index (χ0v) is 21.2. The molecule has 0 spiro atoms. The van der Waals surface area contributed by atoms with Gasteiger partial charge in [0.1, 0.15) is 23.7 Å². The van der Waals surface area contributed by atoms with Gasteiger partial charge in [-0.25, -0.2) is 4.79 Å². The molecule has 0 aliphatic heterocycles. The fourth-order valence-corrected chi connectivity index (χ4v) is 4.02. The first-order valence-corrected chi connectivity index (χ1v) is 12.1. The van der Waals surface area contributed by atoms with Crippen LogP contribution in [0, 0.1) is 5.41 Å². The summed E-state index contributed by atoms with van der Waals surface area (Å²) in [6.45, 7) is 10.1. The van der Waals surface area contributed by atoms with Crippen LogP contribution in [-0.4, -0.2) is 25.5 Å². The summed E-state index contributed by atoms with van der Waals surface area (Å²) in [5.74, 6) is 1.82. The lowest BCUT2D eigenvalue weighted by molar-refractivity contribution is -0.128. The van der Waals surface area contributed by atoms with E-state index in [1.165, 1.54) is 12.7 Å². The molecule has 3 rings (SSSR count). The number of ketones is 1. The maximum Gasteiger partial charge on any atom is 0.337 e. The van der Waals surface area contributed by atoms with Gasteiger partial charge in [0.15, 0.2) is 5.78 Å². The van der Waals surface area contributed by atoms with Gasteiger partial charge in [-0.1, -0.05) is 46.8 Å². The lowest BCUT2D eigenvalue weighted by atomic mass is 9.89. The fraction of sp³-hybridized carbons (Fsp3) is 0.448. The van der Waals surface area contributed by atoms with E-state index in [9.17, 15) is 9.59 Å². The van der Waals surface area contributed by atoms with Gasteiger partial charge in [0.05, 0.1) is 12.7 Å². The van der Waals surface area contributed by atoms with Crippen molar-refractivity contribution in [3.63, 3.8) is 0 Å². The summed E-state index contributed by atoms with van der Waals surface area (Å²) in [5.41, 5.74) is 3.29. The number of esters is 1. The smallest absolute Gasteiger partial charge is 0.337 e. The van der Waals surface area contributed by atoms with Gasteiger partial charge in [-0.15, -0.1) is 0 Å². The molecule has 0 amide bonds. The van der Waals surface area contributed by atoms with Gasteiger partial charge in [-0.3, -0.25) is 4.79 Å². The number of carbonyl (C=O) groups is 2. The van der Waals surface area contributed by atoms with Crippen molar-refractivity contribution in [3.05, 3.63) is 64.9 Å². The Hall–Kier alpha value is -3.08. The monoisotopic (exact) mass is 464 g/mol. The minimum Gasteiger partial charge on any atom is -0.486 e. The van der Waals surface area contributed by atoms with Gasteiger partial charge >= 0.3 is 5.97 Å². The van der Waals surface area contributed by atoms with Crippen LogP contribution in [0.15, 0.2) is 46.9 Å². The predicted octanol–water partition coefficient (Wildman–Crippen LogP) is 6.90. The quantitative estimate of drug-likeness (QED) is 0.305. The van der Waals surface area contributed by atoms with Crippen LogP contribution in [0.2, 0.25) is 0 Å². The van der Waals surface area contributed by atoms with Crippen molar-refractivity contribution in [2.75, 3.05) is 13.7 Å². The molecule has 0 fully saturated rings. The average Bonchev–Trinajstić information content (AvgIpc) is 3.24. The number of ether oxygens (including phenoxy) is 2. The van der Waals surface area contributed by atoms with Crippen LogP contribution >= 0.6 is 0 Å². The van der Waals surface area contributed by atoms with E-state index in [0.29, 0.717) is 11.5 Å². The molecule has 0 aliphatic rings. The zero-order valence-electron chi connectivity index (χ0n) is 21.2. The largest absolute Gasteiger partial charge is 0.486 e. The van der Waals surface area contributed by atoms with E-state index in [0.717, 1.165) is 53.7 Å². The molecule has 0 N–H and O–H groups in total. The van der Waals surface area contributed by atoms with Crippen molar-refractivity contribution in [3.8, 4) is 5.75 Å². The molecule has 182 valence electrons. The SMILES string of the molecule is CCc1cc(C(CC)CCc2cc3cc(C(=O)OC)ccc3o2)ccc1OCC(=O)C(C)(C)C. The molecule has 0 saturated carbocycles. The standard InChI is InChI=1S/C29H36O5/c1-7-19(9-12-24-17-23-16-22(28(31)32-6)11-14-26(23)34-24)21-10-13-25(20(8-2)15-21)33-18-27(30)29(3,4)5/h10-11,13-17,19H,7-9,12,18H2,1-6H3. The third kappa shape index (κ3) is 6.07. The maximum atomic E-state index is 12.3. The summed E-state index contributed by atoms with van der Waals surface area (Å²) >= 11 is 0. The van der Waals surface area contributed by atoms with E-state index in [1.54, 1.807) is 6.07 Å². The summed E-state index contributed by atoms with van der Waals surface area (Å²) < 4.78 is 16.7. The van der Waals surface area contributed by atoms with Gasteiger partial charge in [0, 0.05) is 17.2 Å². The lowest BCUT2D eigenvalue weighted by Crippen LogP contribution is -2.26. The molecule has 34 heavy (non-hydrogen) atoms. The number of furan rings is 1. The van der Waals surface area contributed by atoms with Crippen LogP contribution in [0.1, 0.15) is 80.6 Å². The van der Waals surface area contributed by atoms with E-state index in [2.05, 4.69) is 26.0 Å². The predicted molar refractivity (Wildman–Crippen MR) is 135 cm³/mol. The van der Waals surface area contributed by atoms with Crippen LogP contribution in [0.3, 0.4) is 0 Å². The minimum atomic E-state index is -0.406. The van der Waals surface area contributed by atoms with E-state index < -0.39 is 5.41 Å². The summed E-state index contributed by atoms with van der Waals surface area (Å²) in [4.78, 5) is 24.0. The number of aryl methyl sites for hydroxylation is 2. The molecule has 1 atom stereocenters. The van der Waals surface area contributed by atoms with E-state index in [1.807, 2.05) is 45.0 Å². The highest BCUT2D eigenvalue weighted by Crippen LogP contribution is 2.31. The van der Waals surface area contributed by atoms with Crippen LogP contribution in [-0.2, 0) is 22.4 Å². The van der Waals surface area contributed by atoms with Crippen LogP contribution < -0.4 is 4.74 Å². The molecule has 2 aromatic carbocycles. The van der Waals surface area contributed by atoms with Gasteiger partial charge in [0.25, 0.3) is 0 Å². The molecule has 1 aromatic heterocycles. The first-order chi connectivity index (χ1) is 16.2. The van der Waals surface area contributed by atoms with Crippen LogP contribution in [0.25, 0.3) is 11.0 Å². The van der Waals surface area contributed by atoms with Crippen molar-refractivity contribution < 1.29 is 23.5 Å². The molecule has 1 heterocycles. The Morgan fingerprint density at radius 3 is 2.44 bits per heavy atom. The number of Topliss-reactive ketones (excluding diaryl/α,β-unsaturated/α-hetero) is 1. The Labute approximate surface area is 202 Å². The molecule has 0 saturated heterocycles. The molecule has 3 aromatic rings. The Morgan fingerprint density at radius 1 is 1.03 bits per heavy atom. The summed E-state index contributed by atoms with van der Waals surface area (Å²) in [6, 6.07) is 13.7. The van der Waals surface area contributed by atoms with Gasteiger partial charge in [-0.05, 0) is 66.6 Å². The number of hydrogen-bond donors (Lipinski definition) is 0. The molecule has 5 heteroatoms. The van der Waals surface area contributed by atoms with E-state index in [-0.39, 0.29) is 18.4 Å². The molecule has 1 unspecified atom stereocenters. The number of rotatable bonds is 10. The van der Waals surface area contributed by atoms with Crippen molar-refractivity contribution in [2.45, 2.75) is 66.2 Å². The third-order valence-electron chi connectivity index (χ3n) is 6.35. The summed E-state index contributed by atoms with van der Waals surface area (Å²) in [5, 5.41) is 0.908. The number of benzene rings is 2. The molecular formula is C29H36O5. The Kier molecular flexibility index (Phi) is 8.19. The first kappa shape index (κ1) is 25.5. The third-order valence-corrected chi connectivity index (χ3v) is 6.35. The highest BCUT2D eigenvalue weighted by Gasteiger charge is 2.22. The number of fused-ring (bicyclic) bond motifs is 1. The summed E-state index contributed by atoms with van der Waals surface area (Å²) in [6.07, 6.45) is 3.61. The second kappa shape index (κ2) is 10.9. The van der Waals surface area contributed by atoms with E-state index in [4.69, 9.17) is 13.9 Å². The Balaban J connectivity index is 1.70. The van der Waals surface area contributed by atoms with Crippen LogP contribution in [0.5, 0.6) is 5.75 Å². The Bertz CT molecular complexity index is 1150. The highest BCUT2D eigenvalue weighted by atomic mass is 16.5. The molecule has 0 aliphatic carbocycles. The van der Waals surface area contributed by atoms with Gasteiger partial charge in [-0.2, -0.15) is 0 Å². The van der Waals surface area contributed by atoms with Crippen LogP contribution in [0.4, 0.5) is 0 Å². The maximum absolute atomic E-state index is 12.3. The fourth-order valence-electron chi connectivity index (χ4n) is 4.02. The number of carbonyl (C=O) groups excluding carboxylic acids is 2.